The summed E-state index contributed by atoms with van der Waals surface area (Å²) < 4.78 is 5.38. The molecular formula is C18H37IN4O2S. The lowest BCUT2D eigenvalue weighted by Gasteiger charge is -2.27. The predicted octanol–water partition coefficient (Wildman–Crippen LogP) is 3.56. The predicted molar refractivity (Wildman–Crippen MR) is 123 cm³/mol. The Bertz CT molecular complexity index is 457. The zero-order chi connectivity index (χ0) is 19.0. The van der Waals surface area contributed by atoms with Crippen LogP contribution in [0, 0.1) is 5.92 Å². The molecule has 0 aromatic carbocycles. The van der Waals surface area contributed by atoms with Gasteiger partial charge in [-0.1, -0.05) is 6.92 Å². The number of halogens is 1. The van der Waals surface area contributed by atoms with E-state index in [1.807, 2.05) is 32.5 Å². The van der Waals surface area contributed by atoms with Crippen molar-refractivity contribution in [3.05, 3.63) is 0 Å². The third kappa shape index (κ3) is 10.1. The van der Waals surface area contributed by atoms with Crippen molar-refractivity contribution in [3.63, 3.8) is 0 Å². The fourth-order valence-corrected chi connectivity index (χ4v) is 3.69. The molecule has 0 saturated heterocycles. The Kier molecular flexibility index (Phi) is 12.0. The van der Waals surface area contributed by atoms with Gasteiger partial charge in [-0.15, -0.1) is 24.0 Å². The Hall–Kier alpha value is -0.380. The minimum atomic E-state index is -0.464. The fourth-order valence-electron chi connectivity index (χ4n) is 2.89. The van der Waals surface area contributed by atoms with Crippen LogP contribution < -0.4 is 10.6 Å². The molecule has 1 saturated carbocycles. The van der Waals surface area contributed by atoms with E-state index in [9.17, 15) is 4.79 Å². The molecule has 0 radical (unpaired) electrons. The molecule has 0 heterocycles. The van der Waals surface area contributed by atoms with Crippen molar-refractivity contribution in [2.24, 2.45) is 10.9 Å². The Balaban J connectivity index is 0.00000625. The SMILES string of the molecule is CN=C(NCC(C)CN(C)C(=O)OC(C)(C)C)NC1CCC(SC)C1.I. The maximum absolute atomic E-state index is 12.0. The van der Waals surface area contributed by atoms with E-state index in [2.05, 4.69) is 28.8 Å². The van der Waals surface area contributed by atoms with E-state index in [4.69, 9.17) is 4.74 Å². The smallest absolute Gasteiger partial charge is 0.410 e. The Morgan fingerprint density at radius 2 is 2.04 bits per heavy atom. The van der Waals surface area contributed by atoms with Crippen molar-refractivity contribution in [1.29, 1.82) is 0 Å². The number of rotatable bonds is 6. The van der Waals surface area contributed by atoms with Gasteiger partial charge in [0.15, 0.2) is 5.96 Å². The molecule has 0 aliphatic heterocycles. The molecule has 3 unspecified atom stereocenters. The van der Waals surface area contributed by atoms with Crippen LogP contribution in [0.25, 0.3) is 0 Å². The van der Waals surface area contributed by atoms with E-state index in [1.54, 1.807) is 19.0 Å². The average Bonchev–Trinajstić information content (AvgIpc) is 2.97. The van der Waals surface area contributed by atoms with Gasteiger partial charge in [0.05, 0.1) is 0 Å². The molecule has 154 valence electrons. The highest BCUT2D eigenvalue weighted by atomic mass is 127. The number of nitrogens with one attached hydrogen (secondary N) is 2. The summed E-state index contributed by atoms with van der Waals surface area (Å²) in [5.41, 5.74) is -0.464. The zero-order valence-corrected chi connectivity index (χ0v) is 20.4. The normalized spacial score (nSPS) is 21.6. The monoisotopic (exact) mass is 500 g/mol. The maximum Gasteiger partial charge on any atom is 0.410 e. The van der Waals surface area contributed by atoms with Crippen molar-refractivity contribution in [1.82, 2.24) is 15.5 Å². The molecule has 8 heteroatoms. The van der Waals surface area contributed by atoms with E-state index in [0.717, 1.165) is 17.8 Å². The number of nitrogens with zero attached hydrogens (tertiary/aromatic N) is 2. The Labute approximate surface area is 180 Å². The summed E-state index contributed by atoms with van der Waals surface area (Å²) in [7, 11) is 3.58. The van der Waals surface area contributed by atoms with Gasteiger partial charge in [0.25, 0.3) is 0 Å². The summed E-state index contributed by atoms with van der Waals surface area (Å²) >= 11 is 1.95. The van der Waals surface area contributed by atoms with Crippen LogP contribution in [0.3, 0.4) is 0 Å². The third-order valence-corrected chi connectivity index (χ3v) is 5.29. The molecule has 0 bridgehead atoms. The molecule has 1 fully saturated rings. The second-order valence-corrected chi connectivity index (χ2v) is 9.07. The lowest BCUT2D eigenvalue weighted by atomic mass is 10.1. The molecule has 6 nitrogen and oxygen atoms in total. The summed E-state index contributed by atoms with van der Waals surface area (Å²) in [4.78, 5) is 18.0. The van der Waals surface area contributed by atoms with Crippen molar-refractivity contribution in [2.45, 2.75) is 63.9 Å². The summed E-state index contributed by atoms with van der Waals surface area (Å²) in [6.45, 7) is 9.14. The number of hydrogen-bond acceptors (Lipinski definition) is 4. The van der Waals surface area contributed by atoms with Crippen LogP contribution in [0.1, 0.15) is 47.0 Å². The summed E-state index contributed by atoms with van der Waals surface area (Å²) in [6, 6.07) is 0.503. The van der Waals surface area contributed by atoms with E-state index >= 15 is 0 Å². The van der Waals surface area contributed by atoms with E-state index in [1.165, 1.54) is 19.3 Å². The number of guanidine groups is 1. The number of aliphatic imine (C=N–C) groups is 1. The number of ether oxygens (including phenoxy) is 1. The molecule has 1 rings (SSSR count). The molecule has 0 aromatic rings. The van der Waals surface area contributed by atoms with Gasteiger partial charge in [-0.05, 0) is 52.2 Å². The summed E-state index contributed by atoms with van der Waals surface area (Å²) in [6.07, 6.45) is 5.56. The second kappa shape index (κ2) is 12.2. The Morgan fingerprint density at radius 3 is 2.54 bits per heavy atom. The largest absolute Gasteiger partial charge is 0.444 e. The van der Waals surface area contributed by atoms with E-state index in [-0.39, 0.29) is 30.1 Å². The lowest BCUT2D eigenvalue weighted by Crippen LogP contribution is -2.45. The topological polar surface area (TPSA) is 66.0 Å². The molecule has 26 heavy (non-hydrogen) atoms. The van der Waals surface area contributed by atoms with Gasteiger partial charge in [0.1, 0.15) is 5.60 Å². The highest BCUT2D eigenvalue weighted by molar-refractivity contribution is 14.0. The van der Waals surface area contributed by atoms with Gasteiger partial charge < -0.3 is 20.3 Å². The van der Waals surface area contributed by atoms with Crippen LogP contribution in [0.5, 0.6) is 0 Å². The number of carbonyl (C=O) groups is 1. The van der Waals surface area contributed by atoms with Crippen LogP contribution in [0.2, 0.25) is 0 Å². The van der Waals surface area contributed by atoms with Crippen LogP contribution in [-0.4, -0.2) is 67.3 Å². The van der Waals surface area contributed by atoms with E-state index < -0.39 is 5.60 Å². The van der Waals surface area contributed by atoms with Gasteiger partial charge in [-0.3, -0.25) is 4.99 Å². The molecule has 0 aromatic heterocycles. The highest BCUT2D eigenvalue weighted by Gasteiger charge is 2.25. The molecule has 2 N–H and O–H groups in total. The minimum Gasteiger partial charge on any atom is -0.444 e. The summed E-state index contributed by atoms with van der Waals surface area (Å²) in [5.74, 6) is 1.14. The van der Waals surface area contributed by atoms with Crippen LogP contribution >= 0.6 is 35.7 Å². The first-order chi connectivity index (χ1) is 11.6. The quantitative estimate of drug-likeness (QED) is 0.332. The second-order valence-electron chi connectivity index (χ2n) is 7.93. The maximum atomic E-state index is 12.0. The average molecular weight is 500 g/mol. The summed E-state index contributed by atoms with van der Waals surface area (Å²) in [5, 5.41) is 7.65. The Morgan fingerprint density at radius 1 is 1.38 bits per heavy atom. The first-order valence-corrected chi connectivity index (χ1v) is 10.4. The molecular weight excluding hydrogens is 463 g/mol. The molecule has 3 atom stereocenters. The first-order valence-electron chi connectivity index (χ1n) is 9.08. The molecule has 1 aliphatic rings. The molecule has 1 aliphatic carbocycles. The van der Waals surface area contributed by atoms with Crippen molar-refractivity contribution in [3.8, 4) is 0 Å². The first kappa shape index (κ1) is 25.6. The zero-order valence-electron chi connectivity index (χ0n) is 17.3. The molecule has 1 amide bonds. The van der Waals surface area contributed by atoms with Gasteiger partial charge in [0, 0.05) is 38.5 Å². The number of hydrogen-bond donors (Lipinski definition) is 2. The number of amides is 1. The molecule has 0 spiro atoms. The third-order valence-electron chi connectivity index (χ3n) is 4.19. The number of thioether (sulfide) groups is 1. The minimum absolute atomic E-state index is 0. The number of carbonyl (C=O) groups excluding carboxylic acids is 1. The fraction of sp³-hybridized carbons (Fsp3) is 0.889. The van der Waals surface area contributed by atoms with Crippen LogP contribution in [0.4, 0.5) is 4.79 Å². The van der Waals surface area contributed by atoms with Gasteiger partial charge >= 0.3 is 6.09 Å². The van der Waals surface area contributed by atoms with Crippen molar-refractivity contribution < 1.29 is 9.53 Å². The highest BCUT2D eigenvalue weighted by Crippen LogP contribution is 2.27. The van der Waals surface area contributed by atoms with Crippen molar-refractivity contribution >= 4 is 47.8 Å². The van der Waals surface area contributed by atoms with Crippen molar-refractivity contribution in [2.75, 3.05) is 33.4 Å². The van der Waals surface area contributed by atoms with Gasteiger partial charge in [-0.2, -0.15) is 11.8 Å². The van der Waals surface area contributed by atoms with Crippen LogP contribution in [0.15, 0.2) is 4.99 Å². The van der Waals surface area contributed by atoms with Gasteiger partial charge in [0.2, 0.25) is 0 Å². The van der Waals surface area contributed by atoms with E-state index in [0.29, 0.717) is 18.5 Å². The van der Waals surface area contributed by atoms with Crippen LogP contribution in [-0.2, 0) is 4.74 Å². The lowest BCUT2D eigenvalue weighted by molar-refractivity contribution is 0.0278. The van der Waals surface area contributed by atoms with Gasteiger partial charge in [-0.25, -0.2) is 4.79 Å². The standard InChI is InChI=1S/C18H36N4O2S.HI/c1-13(12-22(6)17(23)24-18(2,3)4)11-20-16(19-5)21-14-8-9-15(10-14)25-7;/h13-15H,8-12H2,1-7H3,(H2,19,20,21);1H.